The molecule has 0 aromatic carbocycles. The van der Waals surface area contributed by atoms with Crippen LogP contribution in [0.1, 0.15) is 5.69 Å². The van der Waals surface area contributed by atoms with Gasteiger partial charge in [0.15, 0.2) is 0 Å². The molecule has 0 aliphatic heterocycles. The summed E-state index contributed by atoms with van der Waals surface area (Å²) in [5, 5.41) is 0. The molecule has 5 heteroatoms. The third kappa shape index (κ3) is 1.96. The van der Waals surface area contributed by atoms with Crippen molar-refractivity contribution in [2.75, 3.05) is 0 Å². The molecule has 76 valence electrons. The standard InChI is InChI=1S/C10H7F2N3/c1-6-4-8(14-5-13-6)7-2-3-9(11)15-10(7)12/h2-5H,1H3. The molecular weight excluding hydrogens is 200 g/mol. The largest absolute Gasteiger partial charge is 0.242 e. The Labute approximate surface area is 84.8 Å². The van der Waals surface area contributed by atoms with E-state index in [1.807, 2.05) is 0 Å². The maximum Gasteiger partial charge on any atom is 0.224 e. The minimum atomic E-state index is -0.867. The Balaban J connectivity index is 2.54. The van der Waals surface area contributed by atoms with Gasteiger partial charge in [-0.3, -0.25) is 0 Å². The van der Waals surface area contributed by atoms with E-state index in [0.717, 1.165) is 6.07 Å². The summed E-state index contributed by atoms with van der Waals surface area (Å²) in [7, 11) is 0. The molecule has 0 unspecified atom stereocenters. The molecule has 0 N–H and O–H groups in total. The lowest BCUT2D eigenvalue weighted by Crippen LogP contribution is -1.95. The summed E-state index contributed by atoms with van der Waals surface area (Å²) in [6.07, 6.45) is 1.33. The molecule has 0 radical (unpaired) electrons. The fraction of sp³-hybridized carbons (Fsp3) is 0.100. The van der Waals surface area contributed by atoms with Crippen molar-refractivity contribution < 1.29 is 8.78 Å². The molecule has 2 rings (SSSR count). The monoisotopic (exact) mass is 207 g/mol. The summed E-state index contributed by atoms with van der Waals surface area (Å²) >= 11 is 0. The van der Waals surface area contributed by atoms with Crippen molar-refractivity contribution in [3.63, 3.8) is 0 Å². The molecule has 0 aliphatic carbocycles. The SMILES string of the molecule is Cc1cc(-c2ccc(F)nc2F)ncn1. The molecule has 0 saturated carbocycles. The fourth-order valence-corrected chi connectivity index (χ4v) is 1.21. The molecule has 0 aliphatic rings. The van der Waals surface area contributed by atoms with Gasteiger partial charge in [0.25, 0.3) is 0 Å². The molecule has 0 saturated heterocycles. The van der Waals surface area contributed by atoms with Crippen LogP contribution < -0.4 is 0 Å². The average Bonchev–Trinajstić information content (AvgIpc) is 2.17. The first-order valence-electron chi connectivity index (χ1n) is 4.28. The van der Waals surface area contributed by atoms with Gasteiger partial charge in [0, 0.05) is 5.69 Å². The Kier molecular flexibility index (Phi) is 2.37. The summed E-state index contributed by atoms with van der Waals surface area (Å²) < 4.78 is 25.8. The molecule has 0 fully saturated rings. The molecule has 2 heterocycles. The second kappa shape index (κ2) is 3.68. The second-order valence-corrected chi connectivity index (χ2v) is 3.02. The lowest BCUT2D eigenvalue weighted by Gasteiger charge is -2.01. The summed E-state index contributed by atoms with van der Waals surface area (Å²) in [5.74, 6) is -1.71. The van der Waals surface area contributed by atoms with E-state index in [9.17, 15) is 8.78 Å². The number of rotatable bonds is 1. The van der Waals surface area contributed by atoms with E-state index in [4.69, 9.17) is 0 Å². The summed E-state index contributed by atoms with van der Waals surface area (Å²) in [6, 6.07) is 4.01. The first-order chi connectivity index (χ1) is 7.16. The number of aromatic nitrogens is 3. The van der Waals surface area contributed by atoms with E-state index in [-0.39, 0.29) is 5.56 Å². The molecule has 2 aromatic rings. The molecule has 0 amide bonds. The number of pyridine rings is 1. The van der Waals surface area contributed by atoms with Gasteiger partial charge in [-0.05, 0) is 25.1 Å². The Morgan fingerprint density at radius 3 is 2.60 bits per heavy atom. The predicted octanol–water partition coefficient (Wildman–Crippen LogP) is 2.13. The minimum absolute atomic E-state index is 0.168. The van der Waals surface area contributed by atoms with Gasteiger partial charge in [-0.2, -0.15) is 13.8 Å². The number of halogens is 2. The summed E-state index contributed by atoms with van der Waals surface area (Å²) in [6.45, 7) is 1.76. The van der Waals surface area contributed by atoms with E-state index in [2.05, 4.69) is 15.0 Å². The van der Waals surface area contributed by atoms with Crippen LogP contribution in [0.3, 0.4) is 0 Å². The van der Waals surface area contributed by atoms with Crippen LogP contribution in [0.25, 0.3) is 11.3 Å². The minimum Gasteiger partial charge on any atom is -0.242 e. The smallest absolute Gasteiger partial charge is 0.224 e. The zero-order chi connectivity index (χ0) is 10.8. The van der Waals surface area contributed by atoms with Gasteiger partial charge in [0.05, 0.1) is 11.3 Å². The number of hydrogen-bond donors (Lipinski definition) is 0. The average molecular weight is 207 g/mol. The van der Waals surface area contributed by atoms with Crippen LogP contribution in [0.2, 0.25) is 0 Å². The van der Waals surface area contributed by atoms with Gasteiger partial charge < -0.3 is 0 Å². The van der Waals surface area contributed by atoms with Crippen molar-refractivity contribution in [1.29, 1.82) is 0 Å². The molecule has 0 spiro atoms. The number of nitrogens with zero attached hydrogens (tertiary/aromatic N) is 3. The van der Waals surface area contributed by atoms with Crippen molar-refractivity contribution in [1.82, 2.24) is 15.0 Å². The zero-order valence-corrected chi connectivity index (χ0v) is 7.91. The molecule has 0 bridgehead atoms. The Hall–Kier alpha value is -1.91. The quantitative estimate of drug-likeness (QED) is 0.672. The Morgan fingerprint density at radius 1 is 1.13 bits per heavy atom. The first-order valence-corrected chi connectivity index (χ1v) is 4.28. The van der Waals surface area contributed by atoms with E-state index < -0.39 is 11.9 Å². The highest BCUT2D eigenvalue weighted by atomic mass is 19.1. The Morgan fingerprint density at radius 2 is 1.93 bits per heavy atom. The van der Waals surface area contributed by atoms with Gasteiger partial charge in [-0.25, -0.2) is 9.97 Å². The third-order valence-electron chi connectivity index (χ3n) is 1.89. The van der Waals surface area contributed by atoms with Gasteiger partial charge in [0.1, 0.15) is 6.33 Å². The van der Waals surface area contributed by atoms with Crippen molar-refractivity contribution in [2.24, 2.45) is 0 Å². The lowest BCUT2D eigenvalue weighted by atomic mass is 10.2. The van der Waals surface area contributed by atoms with Crippen LogP contribution in [-0.4, -0.2) is 15.0 Å². The van der Waals surface area contributed by atoms with E-state index >= 15 is 0 Å². The maximum atomic E-state index is 13.3. The number of aryl methyl sites for hydroxylation is 1. The fourth-order valence-electron chi connectivity index (χ4n) is 1.21. The topological polar surface area (TPSA) is 38.7 Å². The van der Waals surface area contributed by atoms with Crippen molar-refractivity contribution >= 4 is 0 Å². The van der Waals surface area contributed by atoms with E-state index in [1.165, 1.54) is 12.4 Å². The van der Waals surface area contributed by atoms with Crippen LogP contribution in [0, 0.1) is 18.8 Å². The van der Waals surface area contributed by atoms with Crippen LogP contribution in [0.5, 0.6) is 0 Å². The van der Waals surface area contributed by atoms with Crippen molar-refractivity contribution in [3.8, 4) is 11.3 Å². The predicted molar refractivity (Wildman–Crippen MR) is 49.9 cm³/mol. The van der Waals surface area contributed by atoms with Crippen LogP contribution in [-0.2, 0) is 0 Å². The molecule has 15 heavy (non-hydrogen) atoms. The normalized spacial score (nSPS) is 10.3. The van der Waals surface area contributed by atoms with Gasteiger partial charge in [-0.1, -0.05) is 0 Å². The third-order valence-corrected chi connectivity index (χ3v) is 1.89. The highest BCUT2D eigenvalue weighted by Crippen LogP contribution is 2.19. The molecular formula is C10H7F2N3. The summed E-state index contributed by atoms with van der Waals surface area (Å²) in [5.41, 5.74) is 1.28. The molecule has 0 atom stereocenters. The van der Waals surface area contributed by atoms with Gasteiger partial charge in [-0.15, -0.1) is 0 Å². The highest BCUT2D eigenvalue weighted by Gasteiger charge is 2.08. The lowest BCUT2D eigenvalue weighted by molar-refractivity contribution is 0.515. The molecule has 3 nitrogen and oxygen atoms in total. The van der Waals surface area contributed by atoms with Gasteiger partial charge >= 0.3 is 0 Å². The first kappa shape index (κ1) is 9.64. The number of hydrogen-bond acceptors (Lipinski definition) is 3. The van der Waals surface area contributed by atoms with Crippen LogP contribution >= 0.6 is 0 Å². The maximum absolute atomic E-state index is 13.3. The zero-order valence-electron chi connectivity index (χ0n) is 7.91. The highest BCUT2D eigenvalue weighted by molar-refractivity contribution is 5.58. The van der Waals surface area contributed by atoms with E-state index in [0.29, 0.717) is 11.4 Å². The molecule has 2 aromatic heterocycles. The van der Waals surface area contributed by atoms with Crippen LogP contribution in [0.15, 0.2) is 24.5 Å². The van der Waals surface area contributed by atoms with E-state index in [1.54, 1.807) is 13.0 Å². The van der Waals surface area contributed by atoms with Gasteiger partial charge in [0.2, 0.25) is 11.9 Å². The van der Waals surface area contributed by atoms with Crippen molar-refractivity contribution in [3.05, 3.63) is 42.1 Å². The second-order valence-electron chi connectivity index (χ2n) is 3.02. The Bertz CT molecular complexity index is 500. The van der Waals surface area contributed by atoms with Crippen LogP contribution in [0.4, 0.5) is 8.78 Å². The summed E-state index contributed by atoms with van der Waals surface area (Å²) in [4.78, 5) is 10.9. The van der Waals surface area contributed by atoms with Crippen molar-refractivity contribution in [2.45, 2.75) is 6.92 Å².